The fourth-order valence-corrected chi connectivity index (χ4v) is 9.02. The standard InChI is InChI=1S/C46H27N3OS/c1-3-14-28(15-4-1)35-27-36(48-46(47-35)29-16-5-2-6-17-29)30-18-13-19-31(26-30)49-37-23-10-7-20-32(37)40-41-34-22-9-12-25-39(34)51-45(41)42-33-21-8-11-24-38(33)50-44(42)43(40)49/h1-27H. The molecule has 4 heterocycles. The second-order valence-electron chi connectivity index (χ2n) is 12.9. The predicted octanol–water partition coefficient (Wildman–Crippen LogP) is 12.8. The first-order valence-corrected chi connectivity index (χ1v) is 17.9. The molecule has 0 N–H and O–H groups in total. The molecule has 7 aromatic carbocycles. The fraction of sp³-hybridized carbons (Fsp3) is 0. The number of nitrogens with zero attached hydrogens (tertiary/aromatic N) is 3. The van der Waals surface area contributed by atoms with Crippen LogP contribution in [0.3, 0.4) is 0 Å². The van der Waals surface area contributed by atoms with Gasteiger partial charge >= 0.3 is 0 Å². The van der Waals surface area contributed by atoms with E-state index in [1.54, 1.807) is 0 Å². The van der Waals surface area contributed by atoms with Gasteiger partial charge in [-0.15, -0.1) is 11.3 Å². The van der Waals surface area contributed by atoms with Gasteiger partial charge in [0.2, 0.25) is 0 Å². The van der Waals surface area contributed by atoms with Crippen molar-refractivity contribution in [3.05, 3.63) is 164 Å². The van der Waals surface area contributed by atoms with E-state index in [1.807, 2.05) is 35.6 Å². The third-order valence-corrected chi connectivity index (χ3v) is 11.2. The number of hydrogen-bond acceptors (Lipinski definition) is 4. The number of rotatable bonds is 4. The molecule has 0 aliphatic heterocycles. The Morgan fingerprint density at radius 2 is 1.14 bits per heavy atom. The number of aromatic nitrogens is 3. The zero-order chi connectivity index (χ0) is 33.5. The summed E-state index contributed by atoms with van der Waals surface area (Å²) in [4.78, 5) is 10.2. The molecule has 4 nitrogen and oxygen atoms in total. The smallest absolute Gasteiger partial charge is 0.161 e. The molecule has 0 bridgehead atoms. The molecule has 11 rings (SSSR count). The minimum Gasteiger partial charge on any atom is -0.454 e. The van der Waals surface area contributed by atoms with Gasteiger partial charge in [-0.05, 0) is 36.4 Å². The van der Waals surface area contributed by atoms with Crippen molar-refractivity contribution in [2.45, 2.75) is 0 Å². The summed E-state index contributed by atoms with van der Waals surface area (Å²) in [7, 11) is 0. The van der Waals surface area contributed by atoms with E-state index in [0.717, 1.165) is 61.4 Å². The number of hydrogen-bond donors (Lipinski definition) is 0. The SMILES string of the molecule is c1ccc(-c2cc(-c3cccc(-n4c5ccccc5c5c6c7ccccc7sc6c6c7ccccc7oc6c54)c3)nc(-c3ccccc3)n2)cc1. The zero-order valence-electron chi connectivity index (χ0n) is 27.2. The van der Waals surface area contributed by atoms with Crippen molar-refractivity contribution < 1.29 is 4.42 Å². The molecule has 0 amide bonds. The first-order valence-electron chi connectivity index (χ1n) is 17.1. The predicted molar refractivity (Wildman–Crippen MR) is 213 cm³/mol. The molecule has 5 heteroatoms. The fourth-order valence-electron chi connectivity index (χ4n) is 7.76. The first kappa shape index (κ1) is 28.3. The summed E-state index contributed by atoms with van der Waals surface area (Å²) in [6, 6.07) is 57.3. The Kier molecular flexibility index (Phi) is 6.09. The molecular weight excluding hydrogens is 643 g/mol. The summed E-state index contributed by atoms with van der Waals surface area (Å²) in [5.41, 5.74) is 9.85. The lowest BCUT2D eigenvalue weighted by atomic mass is 10.0. The molecule has 238 valence electrons. The van der Waals surface area contributed by atoms with Crippen molar-refractivity contribution in [1.82, 2.24) is 14.5 Å². The Morgan fingerprint density at radius 3 is 1.96 bits per heavy atom. The Labute approximate surface area is 296 Å². The van der Waals surface area contributed by atoms with Gasteiger partial charge in [-0.25, -0.2) is 9.97 Å². The molecule has 0 aliphatic carbocycles. The van der Waals surface area contributed by atoms with Crippen molar-refractivity contribution in [3.8, 4) is 39.6 Å². The van der Waals surface area contributed by atoms with E-state index in [4.69, 9.17) is 14.4 Å². The summed E-state index contributed by atoms with van der Waals surface area (Å²) in [5.74, 6) is 0.699. The van der Waals surface area contributed by atoms with Crippen molar-refractivity contribution in [2.24, 2.45) is 0 Å². The molecule has 0 saturated heterocycles. The van der Waals surface area contributed by atoms with Crippen LogP contribution >= 0.6 is 11.3 Å². The largest absolute Gasteiger partial charge is 0.454 e. The van der Waals surface area contributed by atoms with Gasteiger partial charge in [0.15, 0.2) is 11.4 Å². The van der Waals surface area contributed by atoms with Gasteiger partial charge in [0.05, 0.1) is 22.4 Å². The Hall–Kier alpha value is -6.56. The van der Waals surface area contributed by atoms with Gasteiger partial charge in [-0.2, -0.15) is 0 Å². The third-order valence-electron chi connectivity index (χ3n) is 9.99. The van der Waals surface area contributed by atoms with Crippen LogP contribution in [0.2, 0.25) is 0 Å². The average molecular weight is 670 g/mol. The highest BCUT2D eigenvalue weighted by molar-refractivity contribution is 7.27. The molecule has 0 aliphatic rings. The molecule has 0 radical (unpaired) electrons. The highest BCUT2D eigenvalue weighted by Crippen LogP contribution is 2.50. The topological polar surface area (TPSA) is 43.9 Å². The number of fused-ring (bicyclic) bond motifs is 12. The highest BCUT2D eigenvalue weighted by Gasteiger charge is 2.25. The lowest BCUT2D eigenvalue weighted by molar-refractivity contribution is 0.671. The van der Waals surface area contributed by atoms with E-state index in [2.05, 4.69) is 144 Å². The van der Waals surface area contributed by atoms with Crippen LogP contribution in [0.1, 0.15) is 0 Å². The Bertz CT molecular complexity index is 3080. The highest BCUT2D eigenvalue weighted by atomic mass is 32.1. The number of thiophene rings is 1. The molecule has 11 aromatic rings. The van der Waals surface area contributed by atoms with E-state index in [1.165, 1.54) is 36.3 Å². The van der Waals surface area contributed by atoms with Crippen LogP contribution < -0.4 is 0 Å². The van der Waals surface area contributed by atoms with Gasteiger partial charge in [0.1, 0.15) is 5.58 Å². The van der Waals surface area contributed by atoms with E-state index in [0.29, 0.717) is 5.82 Å². The normalized spacial score (nSPS) is 11.9. The summed E-state index contributed by atoms with van der Waals surface area (Å²) in [5, 5.41) is 7.29. The van der Waals surface area contributed by atoms with Crippen LogP contribution in [0.4, 0.5) is 0 Å². The molecule has 0 saturated carbocycles. The summed E-state index contributed by atoms with van der Waals surface area (Å²) >= 11 is 1.85. The molecule has 0 unspecified atom stereocenters. The maximum atomic E-state index is 6.87. The quantitative estimate of drug-likeness (QED) is 0.187. The van der Waals surface area contributed by atoms with E-state index >= 15 is 0 Å². The van der Waals surface area contributed by atoms with E-state index in [-0.39, 0.29) is 0 Å². The maximum Gasteiger partial charge on any atom is 0.161 e. The van der Waals surface area contributed by atoms with Gasteiger partial charge in [-0.3, -0.25) is 0 Å². The first-order chi connectivity index (χ1) is 25.3. The van der Waals surface area contributed by atoms with Gasteiger partial charge in [-0.1, -0.05) is 127 Å². The summed E-state index contributed by atoms with van der Waals surface area (Å²) in [6.07, 6.45) is 0. The molecular formula is C46H27N3OS. The van der Waals surface area contributed by atoms with E-state index in [9.17, 15) is 0 Å². The van der Waals surface area contributed by atoms with Gasteiger partial charge < -0.3 is 8.98 Å². The van der Waals surface area contributed by atoms with Crippen LogP contribution in [-0.4, -0.2) is 14.5 Å². The second-order valence-corrected chi connectivity index (χ2v) is 14.0. The molecule has 0 fully saturated rings. The van der Waals surface area contributed by atoms with E-state index < -0.39 is 0 Å². The maximum absolute atomic E-state index is 6.87. The molecule has 0 spiro atoms. The van der Waals surface area contributed by atoms with Crippen molar-refractivity contribution in [3.63, 3.8) is 0 Å². The van der Waals surface area contributed by atoms with Crippen molar-refractivity contribution >= 4 is 75.3 Å². The van der Waals surface area contributed by atoms with Crippen LogP contribution in [0.25, 0.3) is 104 Å². The van der Waals surface area contributed by atoms with Crippen molar-refractivity contribution in [1.29, 1.82) is 0 Å². The Balaban J connectivity index is 1.24. The molecule has 51 heavy (non-hydrogen) atoms. The summed E-state index contributed by atoms with van der Waals surface area (Å²) in [6.45, 7) is 0. The van der Waals surface area contributed by atoms with Crippen LogP contribution in [-0.2, 0) is 0 Å². The second kappa shape index (κ2) is 11.0. The lowest BCUT2D eigenvalue weighted by Crippen LogP contribution is -1.98. The molecule has 0 atom stereocenters. The number of furan rings is 1. The monoisotopic (exact) mass is 669 g/mol. The average Bonchev–Trinajstić information content (AvgIpc) is 3.88. The molecule has 4 aromatic heterocycles. The van der Waals surface area contributed by atoms with Crippen molar-refractivity contribution in [2.75, 3.05) is 0 Å². The lowest BCUT2D eigenvalue weighted by Gasteiger charge is -2.12. The van der Waals surface area contributed by atoms with Crippen LogP contribution in [0, 0.1) is 0 Å². The number of benzene rings is 7. The minimum absolute atomic E-state index is 0.699. The van der Waals surface area contributed by atoms with Crippen LogP contribution in [0.5, 0.6) is 0 Å². The Morgan fingerprint density at radius 1 is 0.490 bits per heavy atom. The third kappa shape index (κ3) is 4.25. The zero-order valence-corrected chi connectivity index (χ0v) is 28.1. The van der Waals surface area contributed by atoms with Gasteiger partial charge in [0, 0.05) is 64.1 Å². The van der Waals surface area contributed by atoms with Gasteiger partial charge in [0.25, 0.3) is 0 Å². The number of para-hydroxylation sites is 2. The summed E-state index contributed by atoms with van der Waals surface area (Å²) < 4.78 is 11.8. The minimum atomic E-state index is 0.699. The van der Waals surface area contributed by atoms with Crippen LogP contribution in [0.15, 0.2) is 168 Å².